The molecule has 3 aromatic heterocycles. The first-order valence-electron chi connectivity index (χ1n) is 11.6. The lowest BCUT2D eigenvalue weighted by Crippen LogP contribution is -2.35. The molecular weight excluding hydrogens is 515 g/mol. The number of rotatable bonds is 3. The van der Waals surface area contributed by atoms with E-state index < -0.39 is 6.04 Å². The zero-order valence-corrected chi connectivity index (χ0v) is 21.9. The van der Waals surface area contributed by atoms with Gasteiger partial charge in [0, 0.05) is 36.1 Å². The van der Waals surface area contributed by atoms with Gasteiger partial charge in [0.1, 0.15) is 11.1 Å². The van der Waals surface area contributed by atoms with Gasteiger partial charge in [0.25, 0.3) is 11.5 Å². The molecule has 1 unspecified atom stereocenters. The number of benzene rings is 1. The van der Waals surface area contributed by atoms with Crippen molar-refractivity contribution in [3.63, 3.8) is 0 Å². The Labute approximate surface area is 222 Å². The van der Waals surface area contributed by atoms with Gasteiger partial charge in [-0.25, -0.2) is 4.98 Å². The maximum absolute atomic E-state index is 14.1. The van der Waals surface area contributed by atoms with Gasteiger partial charge in [0.2, 0.25) is 11.8 Å². The van der Waals surface area contributed by atoms with Gasteiger partial charge in [0.15, 0.2) is 0 Å². The average molecular weight is 537 g/mol. The van der Waals surface area contributed by atoms with Crippen LogP contribution in [0.3, 0.4) is 0 Å². The predicted molar refractivity (Wildman–Crippen MR) is 143 cm³/mol. The third kappa shape index (κ3) is 3.17. The summed E-state index contributed by atoms with van der Waals surface area (Å²) in [5.41, 5.74) is 10.8. The molecule has 11 heteroatoms. The lowest BCUT2D eigenvalue weighted by Gasteiger charge is -2.36. The molecule has 9 nitrogen and oxygen atoms in total. The number of nitrogens with two attached hydrogens (primary N) is 1. The molecule has 6 rings (SSSR count). The second-order valence-electron chi connectivity index (χ2n) is 9.37. The van der Waals surface area contributed by atoms with Crippen LogP contribution in [-0.4, -0.2) is 32.1 Å². The maximum Gasteiger partial charge on any atom is 0.269 e. The van der Waals surface area contributed by atoms with E-state index in [1.54, 1.807) is 36.5 Å². The number of nitrogens with zero attached hydrogens (tertiary/aromatic N) is 5. The number of carbonyl (C=O) groups is 1. The summed E-state index contributed by atoms with van der Waals surface area (Å²) < 4.78 is 8.99. The van der Waals surface area contributed by atoms with Crippen molar-refractivity contribution in [1.82, 2.24) is 19.1 Å². The molecule has 5 heterocycles. The summed E-state index contributed by atoms with van der Waals surface area (Å²) in [4.78, 5) is 36.9. The highest BCUT2D eigenvalue weighted by Crippen LogP contribution is 2.55. The number of anilines is 2. The van der Waals surface area contributed by atoms with Crippen molar-refractivity contribution >= 4 is 40.7 Å². The van der Waals surface area contributed by atoms with Crippen LogP contribution in [0.25, 0.3) is 22.4 Å². The summed E-state index contributed by atoms with van der Waals surface area (Å²) >= 11 is 13.0. The summed E-state index contributed by atoms with van der Waals surface area (Å²) in [6.07, 6.45) is 3.26. The molecule has 0 spiro atoms. The van der Waals surface area contributed by atoms with Crippen LogP contribution in [0.2, 0.25) is 10.0 Å². The number of hydrogen-bond donors (Lipinski definition) is 1. The Morgan fingerprint density at radius 3 is 2.57 bits per heavy atom. The largest absolute Gasteiger partial charge is 0.480 e. The highest BCUT2D eigenvalue weighted by atomic mass is 35.5. The van der Waals surface area contributed by atoms with Gasteiger partial charge in [-0.2, -0.15) is 4.98 Å². The number of ether oxygens (including phenoxy) is 1. The molecule has 0 fully saturated rings. The van der Waals surface area contributed by atoms with Crippen LogP contribution >= 0.6 is 23.2 Å². The van der Waals surface area contributed by atoms with E-state index in [9.17, 15) is 9.59 Å². The number of aromatic nitrogens is 4. The minimum Gasteiger partial charge on any atom is -0.480 e. The first-order valence-corrected chi connectivity index (χ1v) is 12.3. The van der Waals surface area contributed by atoms with Crippen molar-refractivity contribution in [2.75, 3.05) is 17.7 Å². The normalized spacial score (nSPS) is 15.5. The number of methoxy groups -OCH3 is 1. The van der Waals surface area contributed by atoms with Crippen molar-refractivity contribution in [2.45, 2.75) is 25.9 Å². The molecule has 1 aromatic carbocycles. The molecule has 1 atom stereocenters. The SMILES string of the molecule is COc1nc(N)ncc1-c1cc2c(n1C(C)C)C1c3ccc(Cl)cc3-c3c(cn(C)c(=O)c3Cl)N1C2=O. The van der Waals surface area contributed by atoms with Crippen LogP contribution < -0.4 is 20.9 Å². The number of nitrogen functional groups attached to an aromatic ring is 1. The molecule has 0 saturated heterocycles. The molecule has 188 valence electrons. The van der Waals surface area contributed by atoms with Crippen LogP contribution in [0.4, 0.5) is 11.6 Å². The van der Waals surface area contributed by atoms with Crippen molar-refractivity contribution < 1.29 is 9.53 Å². The Balaban J connectivity index is 1.68. The minimum absolute atomic E-state index is 0.0328. The zero-order valence-electron chi connectivity index (χ0n) is 20.4. The Morgan fingerprint density at radius 2 is 1.86 bits per heavy atom. The molecule has 2 N–H and O–H groups in total. The molecule has 0 radical (unpaired) electrons. The Morgan fingerprint density at radius 1 is 1.11 bits per heavy atom. The number of pyridine rings is 1. The fraction of sp³-hybridized carbons (Fsp3) is 0.231. The fourth-order valence-corrected chi connectivity index (χ4v) is 5.98. The first kappa shape index (κ1) is 23.6. The van der Waals surface area contributed by atoms with Crippen LogP contribution in [0, 0.1) is 0 Å². The summed E-state index contributed by atoms with van der Waals surface area (Å²) in [5.74, 6) is 0.209. The smallest absolute Gasteiger partial charge is 0.269 e. The van der Waals surface area contributed by atoms with E-state index in [-0.39, 0.29) is 28.5 Å². The number of carbonyl (C=O) groups excluding carboxylic acids is 1. The molecular formula is C26H22Cl2N6O3. The highest BCUT2D eigenvalue weighted by Gasteiger charge is 2.48. The van der Waals surface area contributed by atoms with Gasteiger partial charge in [-0.3, -0.25) is 14.5 Å². The van der Waals surface area contributed by atoms with E-state index in [0.717, 1.165) is 22.5 Å². The Hall–Kier alpha value is -3.82. The van der Waals surface area contributed by atoms with E-state index in [1.165, 1.54) is 11.7 Å². The highest BCUT2D eigenvalue weighted by molar-refractivity contribution is 6.35. The van der Waals surface area contributed by atoms with Crippen LogP contribution in [-0.2, 0) is 7.05 Å². The van der Waals surface area contributed by atoms with Gasteiger partial charge in [0.05, 0.1) is 35.3 Å². The molecule has 2 aliphatic rings. The van der Waals surface area contributed by atoms with E-state index in [0.29, 0.717) is 33.3 Å². The molecule has 37 heavy (non-hydrogen) atoms. The predicted octanol–water partition coefficient (Wildman–Crippen LogP) is 4.85. The summed E-state index contributed by atoms with van der Waals surface area (Å²) in [6.45, 7) is 4.09. The second kappa shape index (κ2) is 8.09. The summed E-state index contributed by atoms with van der Waals surface area (Å²) in [7, 11) is 3.13. The fourth-order valence-electron chi connectivity index (χ4n) is 5.47. The van der Waals surface area contributed by atoms with Crippen molar-refractivity contribution in [2.24, 2.45) is 7.05 Å². The summed E-state index contributed by atoms with van der Waals surface area (Å²) in [6, 6.07) is 6.80. The van der Waals surface area contributed by atoms with Gasteiger partial charge in [-0.1, -0.05) is 29.3 Å². The monoisotopic (exact) mass is 536 g/mol. The lowest BCUT2D eigenvalue weighted by molar-refractivity contribution is 0.0993. The Bertz CT molecular complexity index is 1710. The van der Waals surface area contributed by atoms with E-state index in [4.69, 9.17) is 33.7 Å². The molecule has 0 aliphatic carbocycles. The standard InChI is InChI=1S/C26H22Cl2N6O3/c1-11(2)33-17(16-9-30-26(29)31-23(16)37-4)8-15-22(33)21-13-6-5-12(27)7-14(13)19-18(34(21)24(15)35)10-32(3)25(36)20(19)28/h5-11,21H,1-4H3,(H2,29,30,31). The quantitative estimate of drug-likeness (QED) is 0.400. The van der Waals surface area contributed by atoms with Crippen LogP contribution in [0.1, 0.15) is 47.5 Å². The third-order valence-corrected chi connectivity index (χ3v) is 7.52. The summed E-state index contributed by atoms with van der Waals surface area (Å²) in [5, 5.41) is 0.547. The van der Waals surface area contributed by atoms with Gasteiger partial charge < -0.3 is 19.6 Å². The number of halogens is 2. The second-order valence-corrected chi connectivity index (χ2v) is 10.2. The first-order chi connectivity index (χ1) is 17.6. The molecule has 0 saturated carbocycles. The third-order valence-electron chi connectivity index (χ3n) is 6.94. The molecule has 4 aromatic rings. The topological polar surface area (TPSA) is 108 Å². The van der Waals surface area contributed by atoms with Crippen molar-refractivity contribution in [1.29, 1.82) is 0 Å². The number of fused-ring (bicyclic) bond motifs is 8. The average Bonchev–Trinajstić information content (AvgIpc) is 3.38. The van der Waals surface area contributed by atoms with E-state index >= 15 is 0 Å². The molecule has 2 aliphatic heterocycles. The lowest BCUT2D eigenvalue weighted by atomic mass is 9.88. The van der Waals surface area contributed by atoms with Crippen LogP contribution in [0.15, 0.2) is 41.5 Å². The number of hydrogen-bond acceptors (Lipinski definition) is 6. The van der Waals surface area contributed by atoms with Crippen molar-refractivity contribution in [3.8, 4) is 28.3 Å². The molecule has 1 amide bonds. The van der Waals surface area contributed by atoms with Crippen molar-refractivity contribution in [3.05, 3.63) is 73.9 Å². The van der Waals surface area contributed by atoms with E-state index in [2.05, 4.69) is 14.5 Å². The zero-order chi connectivity index (χ0) is 26.3. The number of aryl methyl sites for hydroxylation is 1. The molecule has 0 bridgehead atoms. The number of amides is 1. The van der Waals surface area contributed by atoms with Gasteiger partial charge >= 0.3 is 0 Å². The van der Waals surface area contributed by atoms with Gasteiger partial charge in [-0.15, -0.1) is 0 Å². The van der Waals surface area contributed by atoms with Crippen LogP contribution in [0.5, 0.6) is 5.88 Å². The Kier molecular flexibility index (Phi) is 5.15. The maximum atomic E-state index is 14.1. The minimum atomic E-state index is -0.465. The van der Waals surface area contributed by atoms with E-state index in [1.807, 2.05) is 26.0 Å². The van der Waals surface area contributed by atoms with Gasteiger partial charge in [-0.05, 0) is 43.2 Å².